The summed E-state index contributed by atoms with van der Waals surface area (Å²) in [6.07, 6.45) is 0. The van der Waals surface area contributed by atoms with Crippen molar-refractivity contribution >= 4 is 21.7 Å². The van der Waals surface area contributed by atoms with Crippen molar-refractivity contribution in [1.29, 1.82) is 0 Å². The molecule has 0 amide bonds. The topological polar surface area (TPSA) is 86.7 Å². The van der Waals surface area contributed by atoms with Gasteiger partial charge in [0.2, 0.25) is 10.0 Å². The van der Waals surface area contributed by atoms with Crippen LogP contribution in [0.25, 0.3) is 0 Å². The molecule has 0 aliphatic carbocycles. The summed E-state index contributed by atoms with van der Waals surface area (Å²) >= 11 is 0. The van der Waals surface area contributed by atoms with Crippen LogP contribution in [0.5, 0.6) is 0 Å². The lowest BCUT2D eigenvalue weighted by atomic mass is 10.3. The van der Waals surface area contributed by atoms with Crippen molar-refractivity contribution in [3.05, 3.63) is 24.3 Å². The van der Waals surface area contributed by atoms with Crippen LogP contribution in [0, 0.1) is 0 Å². The zero-order valence-corrected chi connectivity index (χ0v) is 11.2. The average Bonchev–Trinajstić information content (AvgIpc) is 2.28. The van der Waals surface area contributed by atoms with E-state index in [0.29, 0.717) is 0 Å². The fraction of sp³-hybridized carbons (Fsp3) is 0.364. The Hall–Kier alpha value is -1.60. The molecule has 0 radical (unpaired) electrons. The number of aliphatic carboxylic acids is 1. The highest BCUT2D eigenvalue weighted by Crippen LogP contribution is 2.16. The molecule has 0 spiro atoms. The van der Waals surface area contributed by atoms with E-state index in [0.717, 1.165) is 5.69 Å². The molecule has 0 aliphatic rings. The molecule has 0 unspecified atom stereocenters. The van der Waals surface area contributed by atoms with Gasteiger partial charge in [-0.25, -0.2) is 8.42 Å². The number of sulfonamides is 1. The number of nitrogens with zero attached hydrogens (tertiary/aromatic N) is 1. The Morgan fingerprint density at radius 3 is 2.17 bits per heavy atom. The van der Waals surface area contributed by atoms with E-state index in [1.165, 1.54) is 19.1 Å². The van der Waals surface area contributed by atoms with Crippen LogP contribution in [0.3, 0.4) is 0 Å². The maximum absolute atomic E-state index is 11.8. The van der Waals surface area contributed by atoms with Gasteiger partial charge in [0, 0.05) is 19.8 Å². The summed E-state index contributed by atoms with van der Waals surface area (Å²) in [4.78, 5) is 12.5. The first-order chi connectivity index (χ1) is 8.24. The first-order valence-electron chi connectivity index (χ1n) is 5.26. The standard InChI is InChI=1S/C11H16N2O4S/c1-8(11(14)15)12-18(16,17)10-6-4-9(5-7-10)13(2)3/h4-8,12H,1-3H3,(H,14,15)/t8-/m0/s1. The number of rotatable bonds is 5. The largest absolute Gasteiger partial charge is 0.480 e. The Morgan fingerprint density at radius 1 is 1.28 bits per heavy atom. The molecule has 1 rings (SSSR count). The van der Waals surface area contributed by atoms with Gasteiger partial charge in [0.25, 0.3) is 0 Å². The van der Waals surface area contributed by atoms with Gasteiger partial charge in [-0.05, 0) is 31.2 Å². The van der Waals surface area contributed by atoms with Crippen LogP contribution in [-0.4, -0.2) is 39.6 Å². The molecule has 1 aromatic rings. The Kier molecular flexibility index (Phi) is 4.31. The molecule has 0 heterocycles. The smallest absolute Gasteiger partial charge is 0.321 e. The molecular weight excluding hydrogens is 256 g/mol. The van der Waals surface area contributed by atoms with E-state index in [9.17, 15) is 13.2 Å². The van der Waals surface area contributed by atoms with Crippen LogP contribution in [0.4, 0.5) is 5.69 Å². The summed E-state index contributed by atoms with van der Waals surface area (Å²) in [6.45, 7) is 1.27. The fourth-order valence-corrected chi connectivity index (χ4v) is 2.47. The molecule has 7 heteroatoms. The first kappa shape index (κ1) is 14.5. The van der Waals surface area contributed by atoms with Crippen molar-refractivity contribution in [1.82, 2.24) is 4.72 Å². The molecule has 1 aromatic carbocycles. The molecule has 0 fully saturated rings. The SMILES string of the molecule is C[C@H](NS(=O)(=O)c1ccc(N(C)C)cc1)C(=O)O. The number of hydrogen-bond acceptors (Lipinski definition) is 4. The van der Waals surface area contributed by atoms with Crippen LogP contribution in [-0.2, 0) is 14.8 Å². The normalized spacial score (nSPS) is 13.1. The first-order valence-corrected chi connectivity index (χ1v) is 6.75. The van der Waals surface area contributed by atoms with E-state index in [1.807, 2.05) is 19.0 Å². The van der Waals surface area contributed by atoms with Gasteiger partial charge < -0.3 is 10.0 Å². The van der Waals surface area contributed by atoms with E-state index in [2.05, 4.69) is 4.72 Å². The number of hydrogen-bond donors (Lipinski definition) is 2. The van der Waals surface area contributed by atoms with Crippen LogP contribution in [0.2, 0.25) is 0 Å². The lowest BCUT2D eigenvalue weighted by Gasteiger charge is -2.14. The minimum atomic E-state index is -3.80. The summed E-state index contributed by atoms with van der Waals surface area (Å²) in [6, 6.07) is 5.02. The number of nitrogens with one attached hydrogen (secondary N) is 1. The molecule has 2 N–H and O–H groups in total. The third-order valence-electron chi connectivity index (χ3n) is 2.37. The molecule has 1 atom stereocenters. The monoisotopic (exact) mass is 272 g/mol. The zero-order valence-electron chi connectivity index (χ0n) is 10.4. The third kappa shape index (κ3) is 3.44. The van der Waals surface area contributed by atoms with Crippen LogP contribution >= 0.6 is 0 Å². The van der Waals surface area contributed by atoms with E-state index in [-0.39, 0.29) is 4.90 Å². The zero-order chi connectivity index (χ0) is 13.9. The molecule has 0 saturated heterocycles. The minimum absolute atomic E-state index is 0.0428. The van der Waals surface area contributed by atoms with Crippen molar-refractivity contribution in [3.8, 4) is 0 Å². The second kappa shape index (κ2) is 5.36. The molecule has 100 valence electrons. The molecule has 0 aliphatic heterocycles. The van der Waals surface area contributed by atoms with Gasteiger partial charge in [0.05, 0.1) is 4.90 Å². The Balaban J connectivity index is 2.95. The van der Waals surface area contributed by atoms with Gasteiger partial charge in [0.1, 0.15) is 6.04 Å². The lowest BCUT2D eigenvalue weighted by molar-refractivity contribution is -0.138. The number of anilines is 1. The second-order valence-electron chi connectivity index (χ2n) is 4.07. The highest BCUT2D eigenvalue weighted by molar-refractivity contribution is 7.89. The predicted molar refractivity (Wildman–Crippen MR) is 68.2 cm³/mol. The van der Waals surface area contributed by atoms with Crippen molar-refractivity contribution in [2.45, 2.75) is 17.9 Å². The van der Waals surface area contributed by atoms with E-state index in [1.54, 1.807) is 12.1 Å². The molecule has 0 bridgehead atoms. The predicted octanol–water partition coefficient (Wildman–Crippen LogP) is 0.504. The molecule has 0 saturated carbocycles. The lowest BCUT2D eigenvalue weighted by Crippen LogP contribution is -2.38. The van der Waals surface area contributed by atoms with Crippen molar-refractivity contribution in [3.63, 3.8) is 0 Å². The van der Waals surface area contributed by atoms with Crippen molar-refractivity contribution in [2.24, 2.45) is 0 Å². The van der Waals surface area contributed by atoms with Crippen LogP contribution < -0.4 is 9.62 Å². The maximum Gasteiger partial charge on any atom is 0.321 e. The Bertz CT molecular complexity index is 522. The summed E-state index contributed by atoms with van der Waals surface area (Å²) < 4.78 is 25.8. The number of benzene rings is 1. The summed E-state index contributed by atoms with van der Waals surface area (Å²) in [5.74, 6) is -1.22. The fourth-order valence-electron chi connectivity index (χ4n) is 1.27. The van der Waals surface area contributed by atoms with Crippen LogP contribution in [0.1, 0.15) is 6.92 Å². The molecule has 18 heavy (non-hydrogen) atoms. The third-order valence-corrected chi connectivity index (χ3v) is 3.92. The van der Waals surface area contributed by atoms with Crippen molar-refractivity contribution in [2.75, 3.05) is 19.0 Å². The van der Waals surface area contributed by atoms with E-state index >= 15 is 0 Å². The summed E-state index contributed by atoms with van der Waals surface area (Å²) in [5, 5.41) is 8.68. The van der Waals surface area contributed by atoms with Gasteiger partial charge in [0.15, 0.2) is 0 Å². The Morgan fingerprint density at radius 2 is 1.78 bits per heavy atom. The number of carboxylic acids is 1. The highest BCUT2D eigenvalue weighted by Gasteiger charge is 2.21. The van der Waals surface area contributed by atoms with Gasteiger partial charge >= 0.3 is 5.97 Å². The highest BCUT2D eigenvalue weighted by atomic mass is 32.2. The summed E-state index contributed by atoms with van der Waals surface area (Å²) in [7, 11) is -0.113. The summed E-state index contributed by atoms with van der Waals surface area (Å²) in [5.41, 5.74) is 0.861. The maximum atomic E-state index is 11.8. The average molecular weight is 272 g/mol. The minimum Gasteiger partial charge on any atom is -0.480 e. The van der Waals surface area contributed by atoms with Gasteiger partial charge in [-0.15, -0.1) is 0 Å². The second-order valence-corrected chi connectivity index (χ2v) is 5.78. The quantitative estimate of drug-likeness (QED) is 0.815. The van der Waals surface area contributed by atoms with E-state index in [4.69, 9.17) is 5.11 Å². The molecular formula is C11H16N2O4S. The van der Waals surface area contributed by atoms with Gasteiger partial charge in [-0.3, -0.25) is 4.79 Å². The van der Waals surface area contributed by atoms with Gasteiger partial charge in [-0.1, -0.05) is 0 Å². The van der Waals surface area contributed by atoms with E-state index < -0.39 is 22.0 Å². The number of carboxylic acid groups (broad SMARTS) is 1. The van der Waals surface area contributed by atoms with Crippen molar-refractivity contribution < 1.29 is 18.3 Å². The number of carbonyl (C=O) groups is 1. The molecule has 6 nitrogen and oxygen atoms in total. The Labute approximate surface area is 106 Å². The van der Waals surface area contributed by atoms with Crippen LogP contribution in [0.15, 0.2) is 29.2 Å². The van der Waals surface area contributed by atoms with Gasteiger partial charge in [-0.2, -0.15) is 4.72 Å². The molecule has 0 aromatic heterocycles.